The first-order valence-corrected chi connectivity index (χ1v) is 6.40. The van der Waals surface area contributed by atoms with E-state index in [9.17, 15) is 9.59 Å². The smallest absolute Gasteiger partial charge is 0.311 e. The van der Waals surface area contributed by atoms with Gasteiger partial charge in [-0.05, 0) is 25.5 Å². The minimum Gasteiger partial charge on any atom is -0.311 e. The van der Waals surface area contributed by atoms with Gasteiger partial charge in [0.2, 0.25) is 0 Å². The summed E-state index contributed by atoms with van der Waals surface area (Å²) in [6, 6.07) is 1.45. The molecule has 0 saturated heterocycles. The van der Waals surface area contributed by atoms with Crippen LogP contribution < -0.4 is 11.2 Å². The summed E-state index contributed by atoms with van der Waals surface area (Å²) in [5.74, 6) is 1.48. The lowest BCUT2D eigenvalue weighted by molar-refractivity contribution is 0.645. The van der Waals surface area contributed by atoms with Crippen LogP contribution in [0.3, 0.4) is 0 Å². The van der Waals surface area contributed by atoms with Crippen LogP contribution in [-0.4, -0.2) is 15.3 Å². The third-order valence-electron chi connectivity index (χ3n) is 2.13. The number of thioether (sulfide) groups is 1. The van der Waals surface area contributed by atoms with Gasteiger partial charge in [-0.25, -0.2) is 9.36 Å². The lowest BCUT2D eigenvalue weighted by atomic mass is 10.3. The van der Waals surface area contributed by atoms with Crippen molar-refractivity contribution in [2.45, 2.75) is 33.1 Å². The molecule has 1 aromatic heterocycles. The molecule has 5 heteroatoms. The van der Waals surface area contributed by atoms with Crippen LogP contribution in [0.5, 0.6) is 0 Å². The number of hydrogen-bond donors (Lipinski definition) is 1. The van der Waals surface area contributed by atoms with Crippen LogP contribution in [-0.2, 0) is 0 Å². The summed E-state index contributed by atoms with van der Waals surface area (Å²) in [6.45, 7) is 7.81. The van der Waals surface area contributed by atoms with E-state index < -0.39 is 0 Å². The van der Waals surface area contributed by atoms with Crippen LogP contribution >= 0.6 is 11.8 Å². The van der Waals surface area contributed by atoms with E-state index in [1.165, 1.54) is 10.6 Å². The molecular formula is C11H18N2O2S. The molecule has 0 spiro atoms. The van der Waals surface area contributed by atoms with Crippen molar-refractivity contribution in [1.29, 1.82) is 0 Å². The van der Waals surface area contributed by atoms with E-state index in [1.54, 1.807) is 18.7 Å². The normalized spacial score (nSPS) is 13.1. The maximum Gasteiger partial charge on any atom is 0.329 e. The first-order chi connectivity index (χ1) is 7.41. The number of rotatable bonds is 4. The molecule has 1 atom stereocenters. The zero-order valence-electron chi connectivity index (χ0n) is 10.1. The molecule has 1 N–H and O–H groups in total. The zero-order chi connectivity index (χ0) is 12.3. The summed E-state index contributed by atoms with van der Waals surface area (Å²) in [4.78, 5) is 26.0. The summed E-state index contributed by atoms with van der Waals surface area (Å²) in [7, 11) is 0. The molecule has 0 amide bonds. The number of hydrogen-bond acceptors (Lipinski definition) is 3. The molecule has 16 heavy (non-hydrogen) atoms. The van der Waals surface area contributed by atoms with Crippen molar-refractivity contribution in [3.05, 3.63) is 32.6 Å². The molecule has 4 nitrogen and oxygen atoms in total. The minimum atomic E-state index is -0.325. The molecule has 1 rings (SSSR count). The van der Waals surface area contributed by atoms with Gasteiger partial charge in [-0.15, -0.1) is 11.8 Å². The lowest BCUT2D eigenvalue weighted by Crippen LogP contribution is -2.36. The molecule has 1 aromatic rings. The van der Waals surface area contributed by atoms with Gasteiger partial charge in [-0.1, -0.05) is 13.8 Å². The fraction of sp³-hybridized carbons (Fsp3) is 0.636. The highest BCUT2D eigenvalue weighted by atomic mass is 32.2. The topological polar surface area (TPSA) is 54.9 Å². The van der Waals surface area contributed by atoms with E-state index in [-0.39, 0.29) is 16.6 Å². The SMILES string of the molecule is Cc1cc(=O)n(C(C)SCC(C)C)c(=O)[nH]1. The average Bonchev–Trinajstić information content (AvgIpc) is 2.12. The second kappa shape index (κ2) is 5.39. The molecule has 0 radical (unpaired) electrons. The Morgan fingerprint density at radius 1 is 1.38 bits per heavy atom. The van der Waals surface area contributed by atoms with Crippen molar-refractivity contribution in [1.82, 2.24) is 9.55 Å². The van der Waals surface area contributed by atoms with Gasteiger partial charge in [0.05, 0.1) is 5.37 Å². The Balaban J connectivity index is 2.96. The molecule has 0 aliphatic heterocycles. The Bertz CT molecular complexity index is 431. The highest BCUT2D eigenvalue weighted by molar-refractivity contribution is 7.99. The Hall–Kier alpha value is -0.970. The summed E-state index contributed by atoms with van der Waals surface area (Å²) in [6.07, 6.45) is 0. The lowest BCUT2D eigenvalue weighted by Gasteiger charge is -2.14. The van der Waals surface area contributed by atoms with E-state index >= 15 is 0 Å². The number of aryl methyl sites for hydroxylation is 1. The minimum absolute atomic E-state index is 0.126. The van der Waals surface area contributed by atoms with Gasteiger partial charge >= 0.3 is 5.69 Å². The summed E-state index contributed by atoms with van der Waals surface area (Å²) in [5.41, 5.74) is 0.0473. The van der Waals surface area contributed by atoms with Gasteiger partial charge in [0.15, 0.2) is 0 Å². The second-order valence-electron chi connectivity index (χ2n) is 4.29. The number of H-pyrrole nitrogens is 1. The fourth-order valence-corrected chi connectivity index (χ4v) is 2.38. The molecule has 1 heterocycles. The van der Waals surface area contributed by atoms with Crippen LogP contribution in [0.4, 0.5) is 0 Å². The first kappa shape index (κ1) is 13.1. The van der Waals surface area contributed by atoms with Crippen molar-refractivity contribution in [3.63, 3.8) is 0 Å². The number of nitrogens with one attached hydrogen (secondary N) is 1. The maximum absolute atomic E-state index is 11.7. The van der Waals surface area contributed by atoms with Gasteiger partial charge in [0, 0.05) is 11.8 Å². The van der Waals surface area contributed by atoms with E-state index in [2.05, 4.69) is 18.8 Å². The summed E-state index contributed by atoms with van der Waals surface area (Å²) in [5, 5.41) is -0.126. The maximum atomic E-state index is 11.7. The molecule has 90 valence electrons. The van der Waals surface area contributed by atoms with Crippen LogP contribution in [0.15, 0.2) is 15.7 Å². The quantitative estimate of drug-likeness (QED) is 0.875. The van der Waals surface area contributed by atoms with Gasteiger partial charge in [0.25, 0.3) is 5.56 Å². The number of nitrogens with zero attached hydrogens (tertiary/aromatic N) is 1. The Morgan fingerprint density at radius 3 is 2.50 bits per heavy atom. The molecule has 0 aliphatic carbocycles. The Morgan fingerprint density at radius 2 is 2.00 bits per heavy atom. The summed E-state index contributed by atoms with van der Waals surface area (Å²) < 4.78 is 1.26. The van der Waals surface area contributed by atoms with Crippen LogP contribution in [0, 0.1) is 12.8 Å². The highest BCUT2D eigenvalue weighted by Crippen LogP contribution is 2.21. The largest absolute Gasteiger partial charge is 0.329 e. The van der Waals surface area contributed by atoms with E-state index in [1.807, 2.05) is 6.92 Å². The van der Waals surface area contributed by atoms with Gasteiger partial charge in [0.1, 0.15) is 0 Å². The first-order valence-electron chi connectivity index (χ1n) is 5.36. The van der Waals surface area contributed by atoms with Crippen LogP contribution in [0.1, 0.15) is 31.8 Å². The molecule has 0 aliphatic rings. The van der Waals surface area contributed by atoms with Crippen molar-refractivity contribution in [2.75, 3.05) is 5.75 Å². The molecule has 1 unspecified atom stereocenters. The van der Waals surface area contributed by atoms with Crippen molar-refractivity contribution < 1.29 is 0 Å². The Kier molecular flexibility index (Phi) is 4.41. The monoisotopic (exact) mass is 242 g/mol. The number of aromatic amines is 1. The summed E-state index contributed by atoms with van der Waals surface area (Å²) >= 11 is 1.61. The number of aromatic nitrogens is 2. The fourth-order valence-electron chi connectivity index (χ4n) is 1.37. The third kappa shape index (κ3) is 3.27. The van der Waals surface area contributed by atoms with E-state index in [0.29, 0.717) is 11.6 Å². The van der Waals surface area contributed by atoms with Gasteiger partial charge in [-0.2, -0.15) is 0 Å². The molecular weight excluding hydrogens is 224 g/mol. The van der Waals surface area contributed by atoms with Crippen molar-refractivity contribution in [2.24, 2.45) is 5.92 Å². The second-order valence-corrected chi connectivity index (χ2v) is 5.64. The zero-order valence-corrected chi connectivity index (χ0v) is 10.9. The molecule has 0 aromatic carbocycles. The van der Waals surface area contributed by atoms with Crippen LogP contribution in [0.25, 0.3) is 0 Å². The molecule has 0 bridgehead atoms. The van der Waals surface area contributed by atoms with Crippen molar-refractivity contribution >= 4 is 11.8 Å². The van der Waals surface area contributed by atoms with Gasteiger partial charge in [-0.3, -0.25) is 4.79 Å². The molecule has 0 saturated carbocycles. The van der Waals surface area contributed by atoms with Gasteiger partial charge < -0.3 is 4.98 Å². The highest BCUT2D eigenvalue weighted by Gasteiger charge is 2.11. The van der Waals surface area contributed by atoms with E-state index in [0.717, 1.165) is 5.75 Å². The Labute approximate surface area is 99.1 Å². The van der Waals surface area contributed by atoms with Crippen molar-refractivity contribution in [3.8, 4) is 0 Å². The predicted octanol–water partition coefficient (Wildman–Crippen LogP) is 1.75. The molecule has 0 fully saturated rings. The third-order valence-corrected chi connectivity index (χ3v) is 3.69. The van der Waals surface area contributed by atoms with Crippen LogP contribution in [0.2, 0.25) is 0 Å². The average molecular weight is 242 g/mol. The standard InChI is InChI=1S/C11H18N2O2S/c1-7(2)6-16-9(4)13-10(14)5-8(3)12-11(13)15/h5,7,9H,6H2,1-4H3,(H,12,15). The van der Waals surface area contributed by atoms with E-state index in [4.69, 9.17) is 0 Å². The predicted molar refractivity (Wildman–Crippen MR) is 68.1 cm³/mol.